The number of alkyl halides is 1. The standard InChI is InChI=1S/C16H21ClN2O/c1-11-3-4-14-15(9-11)19(16(18-14)12(2)17)10-13-5-7-20-8-6-13/h3-4,9,12-13H,5-8,10H2,1-2H3. The van der Waals surface area contributed by atoms with Crippen molar-refractivity contribution in [3.05, 3.63) is 29.6 Å². The van der Waals surface area contributed by atoms with Crippen LogP contribution in [0.1, 0.15) is 36.5 Å². The molecular formula is C16H21ClN2O. The van der Waals surface area contributed by atoms with Gasteiger partial charge in [0.2, 0.25) is 0 Å². The van der Waals surface area contributed by atoms with Gasteiger partial charge in [-0.1, -0.05) is 6.07 Å². The Labute approximate surface area is 124 Å². The zero-order valence-electron chi connectivity index (χ0n) is 12.1. The lowest BCUT2D eigenvalue weighted by Crippen LogP contribution is -2.21. The van der Waals surface area contributed by atoms with Crippen LogP contribution >= 0.6 is 11.6 Å². The molecule has 0 saturated carbocycles. The molecule has 1 fully saturated rings. The maximum atomic E-state index is 6.33. The molecule has 1 aliphatic rings. The third kappa shape index (κ3) is 2.70. The number of fused-ring (bicyclic) bond motifs is 1. The smallest absolute Gasteiger partial charge is 0.127 e. The van der Waals surface area contributed by atoms with Crippen molar-refractivity contribution in [2.24, 2.45) is 5.92 Å². The zero-order chi connectivity index (χ0) is 14.1. The van der Waals surface area contributed by atoms with E-state index >= 15 is 0 Å². The predicted molar refractivity (Wildman–Crippen MR) is 82.3 cm³/mol. The molecule has 0 N–H and O–H groups in total. The lowest BCUT2D eigenvalue weighted by Gasteiger charge is -2.24. The lowest BCUT2D eigenvalue weighted by molar-refractivity contribution is 0.0613. The van der Waals surface area contributed by atoms with E-state index in [4.69, 9.17) is 21.3 Å². The fourth-order valence-corrected chi connectivity index (χ4v) is 3.10. The summed E-state index contributed by atoms with van der Waals surface area (Å²) < 4.78 is 7.77. The summed E-state index contributed by atoms with van der Waals surface area (Å²) in [6.07, 6.45) is 2.25. The first kappa shape index (κ1) is 13.9. The number of aryl methyl sites for hydroxylation is 1. The number of nitrogens with zero attached hydrogens (tertiary/aromatic N) is 2. The van der Waals surface area contributed by atoms with Crippen LogP contribution in [0.4, 0.5) is 0 Å². The number of ether oxygens (including phenoxy) is 1. The molecule has 4 heteroatoms. The number of aromatic nitrogens is 2. The van der Waals surface area contributed by atoms with Crippen LogP contribution in [0.25, 0.3) is 11.0 Å². The number of hydrogen-bond acceptors (Lipinski definition) is 2. The second-order valence-corrected chi connectivity index (χ2v) is 6.40. The molecule has 1 atom stereocenters. The number of imidazole rings is 1. The summed E-state index contributed by atoms with van der Waals surface area (Å²) in [6, 6.07) is 6.41. The predicted octanol–water partition coefficient (Wildman–Crippen LogP) is 4.07. The fourth-order valence-electron chi connectivity index (χ4n) is 2.93. The average Bonchev–Trinajstić information content (AvgIpc) is 2.78. The van der Waals surface area contributed by atoms with Gasteiger partial charge >= 0.3 is 0 Å². The van der Waals surface area contributed by atoms with E-state index in [1.54, 1.807) is 0 Å². The van der Waals surface area contributed by atoms with Gasteiger partial charge in [0.15, 0.2) is 0 Å². The Morgan fingerprint density at radius 3 is 2.85 bits per heavy atom. The molecule has 1 unspecified atom stereocenters. The summed E-state index contributed by atoms with van der Waals surface area (Å²) in [6.45, 7) is 6.87. The van der Waals surface area contributed by atoms with Crippen molar-refractivity contribution in [2.45, 2.75) is 38.6 Å². The maximum absolute atomic E-state index is 6.33. The topological polar surface area (TPSA) is 27.1 Å². The lowest BCUT2D eigenvalue weighted by atomic mass is 10.00. The van der Waals surface area contributed by atoms with Crippen molar-refractivity contribution in [1.82, 2.24) is 9.55 Å². The van der Waals surface area contributed by atoms with Gasteiger partial charge in [0, 0.05) is 19.8 Å². The Morgan fingerprint density at radius 1 is 1.40 bits per heavy atom. The zero-order valence-corrected chi connectivity index (χ0v) is 12.9. The fraction of sp³-hybridized carbons (Fsp3) is 0.562. The molecule has 0 amide bonds. The van der Waals surface area contributed by atoms with Crippen molar-refractivity contribution in [1.29, 1.82) is 0 Å². The molecule has 1 aromatic carbocycles. The SMILES string of the molecule is Cc1ccc2nc(C(C)Cl)n(CC3CCOCC3)c2c1. The van der Waals surface area contributed by atoms with E-state index in [0.29, 0.717) is 5.92 Å². The van der Waals surface area contributed by atoms with Gasteiger partial charge in [0.05, 0.1) is 16.4 Å². The van der Waals surface area contributed by atoms with Gasteiger partial charge in [0.1, 0.15) is 5.82 Å². The normalized spacial score (nSPS) is 18.6. The first-order valence-electron chi connectivity index (χ1n) is 7.34. The monoisotopic (exact) mass is 292 g/mol. The van der Waals surface area contributed by atoms with E-state index < -0.39 is 0 Å². The quantitative estimate of drug-likeness (QED) is 0.797. The van der Waals surface area contributed by atoms with E-state index in [1.165, 1.54) is 11.1 Å². The summed E-state index contributed by atoms with van der Waals surface area (Å²) >= 11 is 6.33. The minimum Gasteiger partial charge on any atom is -0.381 e. The Hall–Kier alpha value is -1.06. The van der Waals surface area contributed by atoms with Crippen LogP contribution in [0.15, 0.2) is 18.2 Å². The molecule has 2 heterocycles. The highest BCUT2D eigenvalue weighted by atomic mass is 35.5. The molecule has 108 valence electrons. The second kappa shape index (κ2) is 5.74. The van der Waals surface area contributed by atoms with Crippen molar-refractivity contribution < 1.29 is 4.74 Å². The summed E-state index contributed by atoms with van der Waals surface area (Å²) in [4.78, 5) is 4.72. The van der Waals surface area contributed by atoms with Gasteiger partial charge in [0.25, 0.3) is 0 Å². The highest BCUT2D eigenvalue weighted by Crippen LogP contribution is 2.28. The summed E-state index contributed by atoms with van der Waals surface area (Å²) in [5, 5.41) is -0.0671. The van der Waals surface area contributed by atoms with Crippen LogP contribution in [0.3, 0.4) is 0 Å². The summed E-state index contributed by atoms with van der Waals surface area (Å²) in [7, 11) is 0. The second-order valence-electron chi connectivity index (χ2n) is 5.74. The third-order valence-corrected chi connectivity index (χ3v) is 4.27. The highest BCUT2D eigenvalue weighted by molar-refractivity contribution is 6.20. The summed E-state index contributed by atoms with van der Waals surface area (Å²) in [5.41, 5.74) is 3.52. The molecule has 0 bridgehead atoms. The van der Waals surface area contributed by atoms with E-state index in [-0.39, 0.29) is 5.38 Å². The van der Waals surface area contributed by atoms with Crippen molar-refractivity contribution >= 4 is 22.6 Å². The molecule has 1 aliphatic heterocycles. The molecule has 3 nitrogen and oxygen atoms in total. The molecule has 0 aliphatic carbocycles. The van der Waals surface area contributed by atoms with Crippen molar-refractivity contribution in [3.63, 3.8) is 0 Å². The van der Waals surface area contributed by atoms with Crippen LogP contribution < -0.4 is 0 Å². The average molecular weight is 293 g/mol. The largest absolute Gasteiger partial charge is 0.381 e. The molecule has 20 heavy (non-hydrogen) atoms. The molecule has 0 radical (unpaired) electrons. The van der Waals surface area contributed by atoms with Crippen LogP contribution in [0.2, 0.25) is 0 Å². The van der Waals surface area contributed by atoms with E-state index in [2.05, 4.69) is 29.7 Å². The van der Waals surface area contributed by atoms with Gasteiger partial charge < -0.3 is 9.30 Å². The molecule has 0 spiro atoms. The van der Waals surface area contributed by atoms with Gasteiger partial charge in [-0.15, -0.1) is 11.6 Å². The maximum Gasteiger partial charge on any atom is 0.127 e. The van der Waals surface area contributed by atoms with Crippen molar-refractivity contribution in [2.75, 3.05) is 13.2 Å². The van der Waals surface area contributed by atoms with Crippen LogP contribution in [-0.4, -0.2) is 22.8 Å². The number of hydrogen-bond donors (Lipinski definition) is 0. The number of rotatable bonds is 3. The minimum atomic E-state index is -0.0671. The van der Waals surface area contributed by atoms with Crippen molar-refractivity contribution in [3.8, 4) is 0 Å². The van der Waals surface area contributed by atoms with E-state index in [0.717, 1.165) is 43.9 Å². The molecular weight excluding hydrogens is 272 g/mol. The van der Waals surface area contributed by atoms with Gasteiger partial charge in [-0.05, 0) is 50.3 Å². The highest BCUT2D eigenvalue weighted by Gasteiger charge is 2.20. The molecule has 1 aromatic heterocycles. The number of benzene rings is 1. The number of halogens is 1. The van der Waals surface area contributed by atoms with Gasteiger partial charge in [-0.25, -0.2) is 4.98 Å². The third-order valence-electron chi connectivity index (χ3n) is 4.07. The first-order valence-corrected chi connectivity index (χ1v) is 7.77. The van der Waals surface area contributed by atoms with E-state index in [9.17, 15) is 0 Å². The van der Waals surface area contributed by atoms with Crippen LogP contribution in [-0.2, 0) is 11.3 Å². The Balaban J connectivity index is 2.01. The van der Waals surface area contributed by atoms with Crippen LogP contribution in [0, 0.1) is 12.8 Å². The Bertz CT molecular complexity index is 600. The molecule has 1 saturated heterocycles. The molecule has 2 aromatic rings. The Morgan fingerprint density at radius 2 is 2.15 bits per heavy atom. The van der Waals surface area contributed by atoms with Gasteiger partial charge in [-0.3, -0.25) is 0 Å². The Kier molecular flexibility index (Phi) is 3.99. The van der Waals surface area contributed by atoms with Crippen LogP contribution in [0.5, 0.6) is 0 Å². The minimum absolute atomic E-state index is 0.0671. The van der Waals surface area contributed by atoms with E-state index in [1.807, 2.05) is 6.92 Å². The first-order chi connectivity index (χ1) is 9.65. The molecule has 3 rings (SSSR count). The summed E-state index contributed by atoms with van der Waals surface area (Å²) in [5.74, 6) is 1.65. The van der Waals surface area contributed by atoms with Gasteiger partial charge in [-0.2, -0.15) is 0 Å².